The van der Waals surface area contributed by atoms with Gasteiger partial charge in [-0.1, -0.05) is 52.5 Å². The van der Waals surface area contributed by atoms with Gasteiger partial charge in [-0.05, 0) is 90.9 Å². The number of fused-ring (bicyclic) bond motifs is 4. The van der Waals surface area contributed by atoms with E-state index in [0.29, 0.717) is 31.4 Å². The van der Waals surface area contributed by atoms with Gasteiger partial charge in [0, 0.05) is 35.2 Å². The van der Waals surface area contributed by atoms with Gasteiger partial charge >= 0.3 is 12.1 Å². The van der Waals surface area contributed by atoms with Gasteiger partial charge < -0.3 is 43.3 Å². The summed E-state index contributed by atoms with van der Waals surface area (Å²) < 4.78 is 39.1. The van der Waals surface area contributed by atoms with Crippen LogP contribution < -0.4 is 0 Å². The Hall–Kier alpha value is -2.52. The first-order valence-electron chi connectivity index (χ1n) is 20.4. The fourth-order valence-electron chi connectivity index (χ4n) is 9.55. The van der Waals surface area contributed by atoms with E-state index in [9.17, 15) is 19.5 Å². The summed E-state index contributed by atoms with van der Waals surface area (Å²) in [7, 11) is 3.84. The largest absolute Gasteiger partial charge is 0.458 e. The normalized spacial score (nSPS) is 40.3. The SMILES string of the molecule is C=C1CO[C@@H]2[C@H](C)[C@@H](O[C@@H]3O[C@H](C)C[C@H](N(C)C)[C@H]3O)[C@](C)(C[C@@H](C)C(=O)[C@H](C)[C@H]3N(CCCSc4ccccc4)C(=O)O[C@]3(C)[C@@H](CC)OC(=O)[C@@H]2C)OC1. The Morgan fingerprint density at radius 2 is 1.73 bits per heavy atom. The van der Waals surface area contributed by atoms with Crippen LogP contribution in [0.4, 0.5) is 4.79 Å². The summed E-state index contributed by atoms with van der Waals surface area (Å²) in [5, 5.41) is 11.6. The van der Waals surface area contributed by atoms with Crippen molar-refractivity contribution >= 4 is 29.6 Å². The average molecular weight is 803 g/mol. The molecule has 0 spiro atoms. The van der Waals surface area contributed by atoms with Crippen LogP contribution in [0.5, 0.6) is 0 Å². The molecule has 13 heteroatoms. The van der Waals surface area contributed by atoms with Gasteiger partial charge in [0.1, 0.15) is 18.0 Å². The van der Waals surface area contributed by atoms with E-state index in [1.807, 2.05) is 78.7 Å². The monoisotopic (exact) mass is 802 g/mol. The third-order valence-corrected chi connectivity index (χ3v) is 13.6. The number of ketones is 1. The number of ether oxygens (including phenoxy) is 6. The predicted octanol–water partition coefficient (Wildman–Crippen LogP) is 6.13. The molecule has 4 aliphatic rings. The fourth-order valence-corrected chi connectivity index (χ4v) is 10.4. The molecule has 0 aromatic heterocycles. The first kappa shape index (κ1) is 44.6. The number of carbonyl (C=O) groups excluding carboxylic acids is 3. The number of carbonyl (C=O) groups is 3. The molecule has 1 N–H and O–H groups in total. The van der Waals surface area contributed by atoms with Crippen LogP contribution in [-0.2, 0) is 38.0 Å². The van der Waals surface area contributed by atoms with Crippen molar-refractivity contribution in [1.29, 1.82) is 0 Å². The van der Waals surface area contributed by atoms with E-state index in [4.69, 9.17) is 28.4 Å². The summed E-state index contributed by atoms with van der Waals surface area (Å²) in [6.07, 6.45) is -3.25. The third-order valence-electron chi connectivity index (χ3n) is 12.5. The second kappa shape index (κ2) is 18.6. The lowest BCUT2D eigenvalue weighted by molar-refractivity contribution is -0.302. The van der Waals surface area contributed by atoms with E-state index in [0.717, 1.165) is 10.6 Å². The first-order chi connectivity index (χ1) is 26.4. The van der Waals surface area contributed by atoms with Crippen LogP contribution in [-0.4, -0.2) is 132 Å². The lowest BCUT2D eigenvalue weighted by atomic mass is 9.73. The van der Waals surface area contributed by atoms with E-state index < -0.39 is 83.7 Å². The lowest BCUT2D eigenvalue weighted by Gasteiger charge is -2.48. The number of hydrogen-bond acceptors (Lipinski definition) is 12. The molecule has 4 fully saturated rings. The van der Waals surface area contributed by atoms with Gasteiger partial charge in [0.05, 0.1) is 49.1 Å². The molecule has 0 radical (unpaired) electrons. The summed E-state index contributed by atoms with van der Waals surface area (Å²) in [5.74, 6) is -2.40. The molecule has 4 heterocycles. The number of nitrogens with zero attached hydrogens (tertiary/aromatic N) is 2. The second-order valence-electron chi connectivity index (χ2n) is 17.2. The topological polar surface area (TPSA) is 133 Å². The lowest BCUT2D eigenvalue weighted by Crippen LogP contribution is -2.61. The van der Waals surface area contributed by atoms with Gasteiger partial charge in [-0.15, -0.1) is 11.8 Å². The van der Waals surface area contributed by atoms with Crippen molar-refractivity contribution < 1.29 is 47.9 Å². The predicted molar refractivity (Wildman–Crippen MR) is 214 cm³/mol. The number of cyclic esters (lactones) is 1. The molecular formula is C43H66N2O10S. The number of benzene rings is 1. The van der Waals surface area contributed by atoms with Gasteiger partial charge in [0.15, 0.2) is 11.9 Å². The minimum Gasteiger partial charge on any atom is -0.458 e. The minimum absolute atomic E-state index is 0.0761. The molecule has 2 bridgehead atoms. The van der Waals surface area contributed by atoms with Crippen molar-refractivity contribution in [2.24, 2.45) is 23.7 Å². The Balaban J connectivity index is 1.54. The summed E-state index contributed by atoms with van der Waals surface area (Å²) in [4.78, 5) is 47.9. The van der Waals surface area contributed by atoms with Crippen LogP contribution in [0.2, 0.25) is 0 Å². The van der Waals surface area contributed by atoms with Crippen LogP contribution in [0.15, 0.2) is 47.4 Å². The van der Waals surface area contributed by atoms with Crippen LogP contribution in [0.25, 0.3) is 0 Å². The van der Waals surface area contributed by atoms with Crippen molar-refractivity contribution in [1.82, 2.24) is 9.80 Å². The minimum atomic E-state index is -1.31. The number of amides is 1. The van der Waals surface area contributed by atoms with Crippen molar-refractivity contribution in [3.05, 3.63) is 42.5 Å². The number of aliphatic hydroxyl groups excluding tert-OH is 1. The highest BCUT2D eigenvalue weighted by molar-refractivity contribution is 7.99. The van der Waals surface area contributed by atoms with Crippen LogP contribution in [0.1, 0.15) is 81.1 Å². The van der Waals surface area contributed by atoms with Crippen LogP contribution >= 0.6 is 11.8 Å². The summed E-state index contributed by atoms with van der Waals surface area (Å²) in [6, 6.07) is 9.15. The molecule has 12 nitrogen and oxygen atoms in total. The van der Waals surface area contributed by atoms with E-state index in [1.165, 1.54) is 0 Å². The summed E-state index contributed by atoms with van der Waals surface area (Å²) in [6.45, 7) is 19.9. The summed E-state index contributed by atoms with van der Waals surface area (Å²) >= 11 is 1.70. The number of thioether (sulfide) groups is 1. The highest BCUT2D eigenvalue weighted by Crippen LogP contribution is 2.44. The molecule has 1 aromatic rings. The molecule has 314 valence electrons. The number of rotatable bonds is 9. The Kier molecular flexibility index (Phi) is 14.8. The van der Waals surface area contributed by atoms with E-state index in [-0.39, 0.29) is 37.6 Å². The van der Waals surface area contributed by atoms with Gasteiger partial charge in [-0.25, -0.2) is 4.79 Å². The number of aliphatic hydroxyl groups is 1. The molecule has 0 saturated carbocycles. The molecular weight excluding hydrogens is 737 g/mol. The van der Waals surface area contributed by atoms with E-state index in [1.54, 1.807) is 30.5 Å². The standard InChI is InChI=1S/C43H66N2O10S/c1-12-33-43(9)37(45(41(49)55-43)19-16-20-56-31-17-14-13-15-18-31)28(5)34(46)26(3)22-42(8)38(54-40-35(47)32(44(10)11)21-27(4)52-40)29(6)36(30(7)39(48)53-33)50-23-25(2)24-51-42/h13-15,17-18,26-30,32-33,35-38,40,47H,2,12,16,19-24H2,1,3-11H3/t26-,27-,28+,29+,30-,32+,33-,35-,36-,37-,38-,40+,42+,43-/m1/s1. The van der Waals surface area contributed by atoms with Crippen molar-refractivity contribution in [3.63, 3.8) is 0 Å². The zero-order chi connectivity index (χ0) is 41.1. The Bertz CT molecular complexity index is 1530. The number of Topliss-reactive ketones (excluding diaryl/α,β-unsaturated/α-hetero) is 1. The molecule has 1 aromatic carbocycles. The molecule has 14 atom stereocenters. The van der Waals surface area contributed by atoms with Crippen molar-refractivity contribution in [2.75, 3.05) is 39.6 Å². The van der Waals surface area contributed by atoms with Gasteiger partial charge in [-0.3, -0.25) is 9.59 Å². The molecule has 0 aliphatic carbocycles. The second-order valence-corrected chi connectivity index (χ2v) is 18.4. The smallest absolute Gasteiger partial charge is 0.410 e. The fraction of sp³-hybridized carbons (Fsp3) is 0.744. The number of hydrogen-bond donors (Lipinski definition) is 1. The van der Waals surface area contributed by atoms with E-state index in [2.05, 4.69) is 18.7 Å². The molecule has 4 aliphatic heterocycles. The van der Waals surface area contributed by atoms with Crippen molar-refractivity contribution in [3.8, 4) is 0 Å². The molecule has 5 rings (SSSR count). The van der Waals surface area contributed by atoms with Gasteiger partial charge in [-0.2, -0.15) is 0 Å². The zero-order valence-electron chi connectivity index (χ0n) is 35.1. The highest BCUT2D eigenvalue weighted by atomic mass is 32.2. The molecule has 56 heavy (non-hydrogen) atoms. The Morgan fingerprint density at radius 1 is 1.04 bits per heavy atom. The maximum Gasteiger partial charge on any atom is 0.410 e. The van der Waals surface area contributed by atoms with E-state index >= 15 is 0 Å². The highest BCUT2D eigenvalue weighted by Gasteiger charge is 2.60. The number of esters is 1. The molecule has 4 saturated heterocycles. The van der Waals surface area contributed by atoms with Gasteiger partial charge in [0.2, 0.25) is 0 Å². The van der Waals surface area contributed by atoms with Gasteiger partial charge in [0.25, 0.3) is 0 Å². The van der Waals surface area contributed by atoms with Crippen LogP contribution in [0, 0.1) is 23.7 Å². The third kappa shape index (κ3) is 9.50. The van der Waals surface area contributed by atoms with Crippen molar-refractivity contribution in [2.45, 2.75) is 146 Å². The number of likely N-dealkylation sites (N-methyl/N-ethyl adjacent to an activating group) is 1. The summed E-state index contributed by atoms with van der Waals surface area (Å²) in [5.41, 5.74) is -1.78. The molecule has 1 amide bonds. The van der Waals surface area contributed by atoms with Crippen LogP contribution in [0.3, 0.4) is 0 Å². The maximum absolute atomic E-state index is 14.9. The Labute approximate surface area is 338 Å². The molecule has 0 unspecified atom stereocenters. The quantitative estimate of drug-likeness (QED) is 0.133. The maximum atomic E-state index is 14.9. The Morgan fingerprint density at radius 3 is 2.39 bits per heavy atom. The average Bonchev–Trinajstić information content (AvgIpc) is 3.43. The zero-order valence-corrected chi connectivity index (χ0v) is 35.9. The first-order valence-corrected chi connectivity index (χ1v) is 21.4.